The average molecular weight is 236 g/mol. The van der Waals surface area contributed by atoms with E-state index in [0.29, 0.717) is 19.5 Å². The van der Waals surface area contributed by atoms with Crippen LogP contribution in [0.5, 0.6) is 0 Å². The average Bonchev–Trinajstić information content (AvgIpc) is 2.68. The monoisotopic (exact) mass is 236 g/mol. The van der Waals surface area contributed by atoms with E-state index in [4.69, 9.17) is 10.2 Å². The highest BCUT2D eigenvalue weighted by atomic mass is 16.3. The van der Waals surface area contributed by atoms with E-state index in [1.165, 1.54) is 0 Å². The largest absolute Gasteiger partial charge is 0.394 e. The van der Waals surface area contributed by atoms with E-state index in [2.05, 4.69) is 10.6 Å². The lowest BCUT2D eigenvalue weighted by molar-refractivity contribution is -0.115. The van der Waals surface area contributed by atoms with Gasteiger partial charge in [0, 0.05) is 18.8 Å². The summed E-state index contributed by atoms with van der Waals surface area (Å²) in [6.45, 7) is 0.721. The number of fused-ring (bicyclic) bond motifs is 1. The molecule has 1 amide bonds. The molecule has 0 aromatic heterocycles. The van der Waals surface area contributed by atoms with Crippen LogP contribution in [0.4, 0.5) is 5.69 Å². The summed E-state index contributed by atoms with van der Waals surface area (Å²) in [6, 6.07) is 5.80. The van der Waals surface area contributed by atoms with Crippen LogP contribution < -0.4 is 10.6 Å². The first kappa shape index (κ1) is 12.0. The number of carbonyl (C=O) groups excluding carboxylic acids is 1. The number of carbonyl (C=O) groups is 1. The summed E-state index contributed by atoms with van der Waals surface area (Å²) in [5.74, 6) is 0.0285. The molecule has 0 bridgehead atoms. The molecule has 1 unspecified atom stereocenters. The van der Waals surface area contributed by atoms with Crippen molar-refractivity contribution in [3.63, 3.8) is 0 Å². The number of aliphatic hydroxyl groups is 2. The molecule has 0 radical (unpaired) electrons. The fourth-order valence-corrected chi connectivity index (χ4v) is 1.84. The van der Waals surface area contributed by atoms with Crippen LogP contribution in [-0.2, 0) is 17.8 Å². The van der Waals surface area contributed by atoms with E-state index >= 15 is 0 Å². The minimum Gasteiger partial charge on any atom is -0.394 e. The number of nitrogens with one attached hydrogen (secondary N) is 2. The molecular formula is C12H16N2O3. The van der Waals surface area contributed by atoms with E-state index in [9.17, 15) is 4.79 Å². The maximum Gasteiger partial charge on any atom is 0.228 e. The van der Waals surface area contributed by atoms with Crippen LogP contribution >= 0.6 is 0 Å². The van der Waals surface area contributed by atoms with Crippen LogP contribution in [0.2, 0.25) is 0 Å². The molecule has 2 rings (SSSR count). The quantitative estimate of drug-likeness (QED) is 0.562. The third-order valence-electron chi connectivity index (χ3n) is 2.71. The molecule has 1 aliphatic rings. The maximum absolute atomic E-state index is 11.2. The van der Waals surface area contributed by atoms with Crippen molar-refractivity contribution in [1.82, 2.24) is 5.32 Å². The van der Waals surface area contributed by atoms with Gasteiger partial charge in [-0.15, -0.1) is 0 Å². The fourth-order valence-electron chi connectivity index (χ4n) is 1.84. The number of hydrogen-bond donors (Lipinski definition) is 4. The summed E-state index contributed by atoms with van der Waals surface area (Å²) in [6.07, 6.45) is -0.296. The fraction of sp³-hybridized carbons (Fsp3) is 0.417. The van der Waals surface area contributed by atoms with Crippen molar-refractivity contribution in [1.29, 1.82) is 0 Å². The zero-order chi connectivity index (χ0) is 12.3. The first-order valence-corrected chi connectivity index (χ1v) is 5.60. The Kier molecular flexibility index (Phi) is 3.73. The van der Waals surface area contributed by atoms with Crippen LogP contribution in [0, 0.1) is 0 Å². The van der Waals surface area contributed by atoms with Gasteiger partial charge >= 0.3 is 0 Å². The molecule has 1 heterocycles. The number of hydrogen-bond acceptors (Lipinski definition) is 4. The Morgan fingerprint density at radius 2 is 2.29 bits per heavy atom. The summed E-state index contributed by atoms with van der Waals surface area (Å²) >= 11 is 0. The van der Waals surface area contributed by atoms with Gasteiger partial charge in [0.05, 0.1) is 19.1 Å². The number of amides is 1. The molecule has 5 nitrogen and oxygen atoms in total. The highest BCUT2D eigenvalue weighted by Crippen LogP contribution is 2.23. The van der Waals surface area contributed by atoms with Crippen molar-refractivity contribution >= 4 is 11.6 Å². The molecule has 0 aliphatic carbocycles. The lowest BCUT2D eigenvalue weighted by Crippen LogP contribution is -2.28. The number of anilines is 1. The van der Waals surface area contributed by atoms with Crippen molar-refractivity contribution in [2.45, 2.75) is 19.1 Å². The van der Waals surface area contributed by atoms with Crippen LogP contribution in [0.15, 0.2) is 18.2 Å². The molecule has 1 aromatic rings. The summed E-state index contributed by atoms with van der Waals surface area (Å²) < 4.78 is 0. The number of aliphatic hydroxyl groups excluding tert-OH is 2. The van der Waals surface area contributed by atoms with Gasteiger partial charge in [-0.2, -0.15) is 0 Å². The van der Waals surface area contributed by atoms with Crippen molar-refractivity contribution in [3.8, 4) is 0 Å². The molecule has 1 aliphatic heterocycles. The Hall–Kier alpha value is -1.43. The van der Waals surface area contributed by atoms with Gasteiger partial charge < -0.3 is 20.8 Å². The van der Waals surface area contributed by atoms with Gasteiger partial charge in [-0.05, 0) is 17.2 Å². The lowest BCUT2D eigenvalue weighted by Gasteiger charge is -2.09. The minimum absolute atomic E-state index is 0.0285. The number of benzene rings is 1. The van der Waals surface area contributed by atoms with Crippen molar-refractivity contribution in [3.05, 3.63) is 29.3 Å². The van der Waals surface area contributed by atoms with Gasteiger partial charge in [0.15, 0.2) is 0 Å². The molecule has 1 atom stereocenters. The van der Waals surface area contributed by atoms with Gasteiger partial charge in [-0.3, -0.25) is 4.79 Å². The normalized spacial score (nSPS) is 15.5. The topological polar surface area (TPSA) is 81.6 Å². The van der Waals surface area contributed by atoms with E-state index in [0.717, 1.165) is 16.8 Å². The van der Waals surface area contributed by atoms with Gasteiger partial charge in [0.25, 0.3) is 0 Å². The van der Waals surface area contributed by atoms with Gasteiger partial charge in [-0.25, -0.2) is 0 Å². The molecule has 0 saturated carbocycles. The molecule has 4 N–H and O–H groups in total. The first-order chi connectivity index (χ1) is 8.19. The highest BCUT2D eigenvalue weighted by Gasteiger charge is 2.17. The Morgan fingerprint density at radius 3 is 3.06 bits per heavy atom. The van der Waals surface area contributed by atoms with E-state index in [-0.39, 0.29) is 12.5 Å². The van der Waals surface area contributed by atoms with Crippen molar-refractivity contribution < 1.29 is 15.0 Å². The molecule has 17 heavy (non-hydrogen) atoms. The molecule has 0 spiro atoms. The smallest absolute Gasteiger partial charge is 0.228 e. The predicted octanol–water partition coefficient (Wildman–Crippen LogP) is -0.376. The van der Waals surface area contributed by atoms with Gasteiger partial charge in [0.1, 0.15) is 0 Å². The highest BCUT2D eigenvalue weighted by molar-refractivity contribution is 5.99. The van der Waals surface area contributed by atoms with Gasteiger partial charge in [-0.1, -0.05) is 12.1 Å². The summed E-state index contributed by atoms with van der Waals surface area (Å²) in [7, 11) is 0. The Morgan fingerprint density at radius 1 is 1.47 bits per heavy atom. The zero-order valence-electron chi connectivity index (χ0n) is 9.44. The van der Waals surface area contributed by atoms with Crippen LogP contribution in [-0.4, -0.2) is 35.4 Å². The second-order valence-electron chi connectivity index (χ2n) is 4.18. The summed E-state index contributed by atoms with van der Waals surface area (Å²) in [5.41, 5.74) is 2.96. The molecule has 5 heteroatoms. The van der Waals surface area contributed by atoms with Crippen molar-refractivity contribution in [2.75, 3.05) is 18.5 Å². The second kappa shape index (κ2) is 5.27. The Balaban J connectivity index is 1.90. The third-order valence-corrected chi connectivity index (χ3v) is 2.71. The van der Waals surface area contributed by atoms with E-state index in [1.807, 2.05) is 18.2 Å². The van der Waals surface area contributed by atoms with Crippen LogP contribution in [0.1, 0.15) is 11.1 Å². The number of rotatable bonds is 5. The first-order valence-electron chi connectivity index (χ1n) is 5.60. The predicted molar refractivity (Wildman–Crippen MR) is 63.6 cm³/mol. The lowest BCUT2D eigenvalue weighted by atomic mass is 10.1. The Bertz CT molecular complexity index is 420. The van der Waals surface area contributed by atoms with Crippen LogP contribution in [0.25, 0.3) is 0 Å². The molecule has 92 valence electrons. The van der Waals surface area contributed by atoms with Crippen molar-refractivity contribution in [2.24, 2.45) is 0 Å². The molecule has 0 saturated heterocycles. The van der Waals surface area contributed by atoms with E-state index < -0.39 is 6.10 Å². The minimum atomic E-state index is -0.729. The second-order valence-corrected chi connectivity index (χ2v) is 4.18. The third kappa shape index (κ3) is 3.03. The summed E-state index contributed by atoms with van der Waals surface area (Å²) in [4.78, 5) is 11.2. The van der Waals surface area contributed by atoms with Crippen LogP contribution in [0.3, 0.4) is 0 Å². The molecule has 1 aromatic carbocycles. The van der Waals surface area contributed by atoms with E-state index in [1.54, 1.807) is 0 Å². The summed E-state index contributed by atoms with van der Waals surface area (Å²) in [5, 5.41) is 23.6. The maximum atomic E-state index is 11.2. The Labute approximate surface area is 99.5 Å². The van der Waals surface area contributed by atoms with Gasteiger partial charge in [0.2, 0.25) is 5.91 Å². The standard InChI is InChI=1S/C12H16N2O3/c15-7-10(16)6-13-5-8-1-2-11-9(3-8)4-12(17)14-11/h1-3,10,13,15-16H,4-7H2,(H,14,17). The zero-order valence-corrected chi connectivity index (χ0v) is 9.44. The SMILES string of the molecule is O=C1Cc2cc(CNCC(O)CO)ccc2N1. The molecular weight excluding hydrogens is 220 g/mol. The molecule has 0 fully saturated rings.